The molecule has 2 aromatic rings. The number of ether oxygens (including phenoxy) is 1. The molecule has 0 spiro atoms. The molecule has 18 heavy (non-hydrogen) atoms. The molecule has 2 rings (SSSR count). The van der Waals surface area contributed by atoms with Gasteiger partial charge in [0.25, 0.3) is 0 Å². The highest BCUT2D eigenvalue weighted by Gasteiger charge is 2.12. The zero-order valence-electron chi connectivity index (χ0n) is 11.3. The van der Waals surface area contributed by atoms with Crippen LogP contribution in [0, 0.1) is 13.8 Å². The van der Waals surface area contributed by atoms with Crippen LogP contribution in [-0.2, 0) is 7.05 Å². The molecule has 0 aliphatic heterocycles. The zero-order chi connectivity index (χ0) is 13.3. The molecule has 0 amide bonds. The molecule has 0 saturated carbocycles. The normalized spacial score (nSPS) is 10.7. The number of anilines is 1. The first kappa shape index (κ1) is 12.5. The lowest BCUT2D eigenvalue weighted by Crippen LogP contribution is -1.97. The maximum Gasteiger partial charge on any atom is 0.124 e. The molecule has 0 unspecified atom stereocenters. The third-order valence-electron chi connectivity index (χ3n) is 3.09. The van der Waals surface area contributed by atoms with Crippen molar-refractivity contribution >= 4 is 5.82 Å². The summed E-state index contributed by atoms with van der Waals surface area (Å²) in [7, 11) is 1.85. The highest BCUT2D eigenvalue weighted by atomic mass is 16.5. The van der Waals surface area contributed by atoms with E-state index >= 15 is 0 Å². The summed E-state index contributed by atoms with van der Waals surface area (Å²) < 4.78 is 7.24. The van der Waals surface area contributed by atoms with E-state index in [1.807, 2.05) is 40.0 Å². The molecule has 1 heterocycles. The minimum absolute atomic E-state index is 0.676. The van der Waals surface area contributed by atoms with Crippen molar-refractivity contribution in [2.75, 3.05) is 12.3 Å². The number of hydrogen-bond acceptors (Lipinski definition) is 3. The molecule has 0 saturated heterocycles. The van der Waals surface area contributed by atoms with E-state index in [-0.39, 0.29) is 0 Å². The van der Waals surface area contributed by atoms with Gasteiger partial charge in [0, 0.05) is 18.2 Å². The molecule has 4 nitrogen and oxygen atoms in total. The average molecular weight is 245 g/mol. The Kier molecular flexibility index (Phi) is 3.28. The van der Waals surface area contributed by atoms with Crippen LogP contribution in [0.25, 0.3) is 11.3 Å². The van der Waals surface area contributed by atoms with Gasteiger partial charge >= 0.3 is 0 Å². The molecule has 4 heteroatoms. The number of aromatic nitrogens is 2. The van der Waals surface area contributed by atoms with Crippen LogP contribution in [0.4, 0.5) is 5.82 Å². The van der Waals surface area contributed by atoms with Gasteiger partial charge in [-0.1, -0.05) is 0 Å². The van der Waals surface area contributed by atoms with E-state index in [0.717, 1.165) is 28.1 Å². The predicted octanol–water partition coefficient (Wildman–Crippen LogP) is 2.68. The lowest BCUT2D eigenvalue weighted by atomic mass is 10.1. The van der Waals surface area contributed by atoms with Gasteiger partial charge < -0.3 is 10.5 Å². The number of nitrogen functional groups attached to an aromatic ring is 1. The third kappa shape index (κ3) is 2.06. The van der Waals surface area contributed by atoms with Crippen LogP contribution in [-0.4, -0.2) is 16.4 Å². The van der Waals surface area contributed by atoms with Crippen molar-refractivity contribution in [2.24, 2.45) is 7.05 Å². The summed E-state index contributed by atoms with van der Waals surface area (Å²) in [5.74, 6) is 1.62. The molecular formula is C14H19N3O. The van der Waals surface area contributed by atoms with E-state index in [1.54, 1.807) is 4.68 Å². The van der Waals surface area contributed by atoms with Crippen LogP contribution in [0.2, 0.25) is 0 Å². The Hall–Kier alpha value is -1.97. The fourth-order valence-corrected chi connectivity index (χ4v) is 2.03. The van der Waals surface area contributed by atoms with Crippen LogP contribution < -0.4 is 10.5 Å². The highest BCUT2D eigenvalue weighted by molar-refractivity contribution is 5.69. The number of hydrogen-bond donors (Lipinski definition) is 1. The molecule has 0 aliphatic carbocycles. The van der Waals surface area contributed by atoms with Crippen molar-refractivity contribution in [1.82, 2.24) is 9.78 Å². The van der Waals surface area contributed by atoms with Crippen molar-refractivity contribution in [3.8, 4) is 17.0 Å². The molecule has 0 bridgehead atoms. The predicted molar refractivity (Wildman–Crippen MR) is 73.7 cm³/mol. The molecular weight excluding hydrogens is 226 g/mol. The summed E-state index contributed by atoms with van der Waals surface area (Å²) in [6, 6.07) is 6.09. The van der Waals surface area contributed by atoms with E-state index in [4.69, 9.17) is 10.5 Å². The smallest absolute Gasteiger partial charge is 0.124 e. The lowest BCUT2D eigenvalue weighted by molar-refractivity contribution is 0.338. The van der Waals surface area contributed by atoms with Gasteiger partial charge in [-0.05, 0) is 44.5 Å². The number of nitrogens with zero attached hydrogens (tertiary/aromatic N) is 2. The molecule has 0 fully saturated rings. The van der Waals surface area contributed by atoms with Gasteiger partial charge in [-0.3, -0.25) is 4.68 Å². The Morgan fingerprint density at radius 2 is 2.06 bits per heavy atom. The second kappa shape index (κ2) is 4.72. The topological polar surface area (TPSA) is 53.1 Å². The fraction of sp³-hybridized carbons (Fsp3) is 0.357. The summed E-state index contributed by atoms with van der Waals surface area (Å²) in [6.45, 7) is 6.69. The highest BCUT2D eigenvalue weighted by Crippen LogP contribution is 2.29. The van der Waals surface area contributed by atoms with Crippen LogP contribution in [0.15, 0.2) is 18.2 Å². The summed E-state index contributed by atoms with van der Waals surface area (Å²) >= 11 is 0. The van der Waals surface area contributed by atoms with Crippen molar-refractivity contribution in [3.63, 3.8) is 0 Å². The molecule has 2 N–H and O–H groups in total. The number of nitrogens with two attached hydrogens (primary N) is 1. The first-order valence-corrected chi connectivity index (χ1v) is 6.07. The minimum Gasteiger partial charge on any atom is -0.494 e. The SMILES string of the molecule is CCOc1ccc(-c2nn(C)c(N)c2C)cc1C. The Bertz CT molecular complexity index is 573. The minimum atomic E-state index is 0.676. The first-order chi connectivity index (χ1) is 8.54. The van der Waals surface area contributed by atoms with Crippen LogP contribution >= 0.6 is 0 Å². The molecule has 1 aromatic carbocycles. The fourth-order valence-electron chi connectivity index (χ4n) is 2.03. The van der Waals surface area contributed by atoms with Crippen LogP contribution in [0.3, 0.4) is 0 Å². The van der Waals surface area contributed by atoms with Crippen molar-refractivity contribution < 1.29 is 4.74 Å². The Morgan fingerprint density at radius 3 is 2.56 bits per heavy atom. The van der Waals surface area contributed by atoms with E-state index in [0.29, 0.717) is 12.4 Å². The largest absolute Gasteiger partial charge is 0.494 e. The van der Waals surface area contributed by atoms with Crippen molar-refractivity contribution in [2.45, 2.75) is 20.8 Å². The van der Waals surface area contributed by atoms with Gasteiger partial charge in [0.1, 0.15) is 11.6 Å². The summed E-state index contributed by atoms with van der Waals surface area (Å²) in [4.78, 5) is 0. The van der Waals surface area contributed by atoms with E-state index in [1.165, 1.54) is 0 Å². The van der Waals surface area contributed by atoms with Gasteiger partial charge in [-0.25, -0.2) is 0 Å². The summed E-state index contributed by atoms with van der Waals surface area (Å²) in [5, 5.41) is 4.45. The molecule has 0 aliphatic rings. The number of benzene rings is 1. The Morgan fingerprint density at radius 1 is 1.33 bits per heavy atom. The van der Waals surface area contributed by atoms with Crippen LogP contribution in [0.1, 0.15) is 18.1 Å². The van der Waals surface area contributed by atoms with Gasteiger partial charge in [-0.2, -0.15) is 5.10 Å². The Balaban J connectivity index is 2.45. The first-order valence-electron chi connectivity index (χ1n) is 6.07. The third-order valence-corrected chi connectivity index (χ3v) is 3.09. The second-order valence-corrected chi connectivity index (χ2v) is 4.40. The van der Waals surface area contributed by atoms with Crippen molar-refractivity contribution in [1.29, 1.82) is 0 Å². The number of rotatable bonds is 3. The van der Waals surface area contributed by atoms with Crippen LogP contribution in [0.5, 0.6) is 5.75 Å². The number of aryl methyl sites for hydroxylation is 2. The summed E-state index contributed by atoms with van der Waals surface area (Å²) in [5.41, 5.74) is 10.1. The van der Waals surface area contributed by atoms with Gasteiger partial charge in [-0.15, -0.1) is 0 Å². The molecule has 96 valence electrons. The van der Waals surface area contributed by atoms with E-state index in [2.05, 4.69) is 11.2 Å². The standard InChI is InChI=1S/C14H19N3O/c1-5-18-12-7-6-11(8-9(12)2)13-10(3)14(15)17(4)16-13/h6-8H,5,15H2,1-4H3. The van der Waals surface area contributed by atoms with Gasteiger partial charge in [0.15, 0.2) is 0 Å². The molecule has 0 atom stereocenters. The van der Waals surface area contributed by atoms with E-state index < -0.39 is 0 Å². The zero-order valence-corrected chi connectivity index (χ0v) is 11.3. The maximum absolute atomic E-state index is 5.93. The monoisotopic (exact) mass is 245 g/mol. The van der Waals surface area contributed by atoms with Gasteiger partial charge in [0.05, 0.1) is 12.3 Å². The maximum atomic E-state index is 5.93. The molecule has 1 aromatic heterocycles. The van der Waals surface area contributed by atoms with E-state index in [9.17, 15) is 0 Å². The molecule has 0 radical (unpaired) electrons. The summed E-state index contributed by atoms with van der Waals surface area (Å²) in [6.07, 6.45) is 0. The lowest BCUT2D eigenvalue weighted by Gasteiger charge is -2.08. The van der Waals surface area contributed by atoms with Crippen molar-refractivity contribution in [3.05, 3.63) is 29.3 Å². The van der Waals surface area contributed by atoms with Gasteiger partial charge in [0.2, 0.25) is 0 Å². The quantitative estimate of drug-likeness (QED) is 0.904. The Labute approximate surface area is 107 Å². The second-order valence-electron chi connectivity index (χ2n) is 4.40. The average Bonchev–Trinajstić information content (AvgIpc) is 2.60.